The van der Waals surface area contributed by atoms with Gasteiger partial charge in [-0.05, 0) is 39.7 Å². The summed E-state index contributed by atoms with van der Waals surface area (Å²) in [7, 11) is 0. The molecule has 1 aromatic heterocycles. The molecule has 4 rings (SSSR count). The number of nitriles is 1. The monoisotopic (exact) mass is 368 g/mol. The number of carbonyl (C=O) groups excluding carboxylic acids is 2. The van der Waals surface area contributed by atoms with Gasteiger partial charge in [0.2, 0.25) is 5.91 Å². The van der Waals surface area contributed by atoms with Gasteiger partial charge in [-0.3, -0.25) is 14.4 Å². The van der Waals surface area contributed by atoms with E-state index >= 15 is 0 Å². The number of allylic oxidation sites excluding steroid dienone is 1. The lowest BCUT2D eigenvalue weighted by atomic mass is 9.94. The lowest BCUT2D eigenvalue weighted by Gasteiger charge is -2.35. The Morgan fingerprint density at radius 2 is 2.07 bits per heavy atom. The lowest BCUT2D eigenvalue weighted by molar-refractivity contribution is -0.139. The van der Waals surface area contributed by atoms with E-state index in [2.05, 4.69) is 4.98 Å². The third-order valence-corrected chi connectivity index (χ3v) is 5.37. The number of pyridine rings is 1. The number of aromatic amines is 1. The molecule has 0 spiro atoms. The molecule has 2 amide bonds. The third-order valence-electron chi connectivity index (χ3n) is 5.37. The Hall–Kier alpha value is -2.88. The molecule has 0 aliphatic carbocycles. The van der Waals surface area contributed by atoms with Gasteiger partial charge in [-0.15, -0.1) is 0 Å². The first-order valence-corrected chi connectivity index (χ1v) is 9.19. The Labute approximate surface area is 158 Å². The van der Waals surface area contributed by atoms with E-state index in [0.717, 1.165) is 18.4 Å². The minimum Gasteiger partial charge on any atom is -0.336 e. The van der Waals surface area contributed by atoms with Crippen molar-refractivity contribution in [1.29, 1.82) is 5.26 Å². The van der Waals surface area contributed by atoms with Gasteiger partial charge in [-0.2, -0.15) is 5.26 Å². The van der Waals surface area contributed by atoms with E-state index in [0.29, 0.717) is 30.9 Å². The van der Waals surface area contributed by atoms with Gasteiger partial charge in [0.25, 0.3) is 11.5 Å². The molecule has 142 valence electrons. The minimum absolute atomic E-state index is 0.00527. The fraction of sp³-hybridized carbons (Fsp3) is 0.500. The molecule has 0 radical (unpaired) electrons. The maximum Gasteiger partial charge on any atom is 0.266 e. The summed E-state index contributed by atoms with van der Waals surface area (Å²) in [5.74, 6) is -0.333. The average Bonchev–Trinajstić information content (AvgIpc) is 2.91. The van der Waals surface area contributed by atoms with Gasteiger partial charge in [-0.1, -0.05) is 11.6 Å². The number of nitrogens with zero attached hydrogens (tertiary/aromatic N) is 3. The molecule has 0 unspecified atom stereocenters. The number of fused-ring (bicyclic) bond motifs is 4. The number of rotatable bonds is 3. The highest BCUT2D eigenvalue weighted by Gasteiger charge is 2.41. The van der Waals surface area contributed by atoms with Crippen LogP contribution in [-0.4, -0.2) is 52.3 Å². The number of hydrogen-bond acceptors (Lipinski definition) is 4. The molecule has 4 heterocycles. The van der Waals surface area contributed by atoms with Gasteiger partial charge in [0.1, 0.15) is 11.6 Å². The first kappa shape index (κ1) is 18.9. The summed E-state index contributed by atoms with van der Waals surface area (Å²) in [6, 6.07) is 3.17. The van der Waals surface area contributed by atoms with Crippen molar-refractivity contribution in [2.24, 2.45) is 5.92 Å². The molecule has 1 aromatic rings. The van der Waals surface area contributed by atoms with E-state index in [4.69, 9.17) is 5.26 Å². The van der Waals surface area contributed by atoms with Gasteiger partial charge in [-0.25, -0.2) is 0 Å². The quantitative estimate of drug-likeness (QED) is 0.819. The second kappa shape index (κ2) is 7.39. The van der Waals surface area contributed by atoms with Crippen LogP contribution in [0.15, 0.2) is 22.5 Å². The van der Waals surface area contributed by atoms with Gasteiger partial charge >= 0.3 is 0 Å². The Bertz CT molecular complexity index is 905. The SMILES string of the molecule is CC(C)=CCN1C(=O)[C@@H]2CC[C@H]1CN(C(=O)c1cc(C#N)c(=O)[nH]c1C)C2. The Balaban J connectivity index is 1.88. The summed E-state index contributed by atoms with van der Waals surface area (Å²) < 4.78 is 0. The van der Waals surface area contributed by atoms with Gasteiger partial charge < -0.3 is 14.8 Å². The van der Waals surface area contributed by atoms with Crippen molar-refractivity contribution in [2.45, 2.75) is 39.7 Å². The topological polar surface area (TPSA) is 97.3 Å². The van der Waals surface area contributed by atoms with E-state index in [-0.39, 0.29) is 29.3 Å². The standard InChI is InChI=1S/C20H24N4O3/c1-12(2)6-7-24-16-5-4-14(19(24)26)10-23(11-16)20(27)17-8-15(9-21)18(25)22-13(17)3/h6,8,14,16H,4-5,7,10-11H2,1-3H3,(H,22,25)/t14-,16+/m1/s1. The number of nitrogens with one attached hydrogen (secondary N) is 1. The van der Waals surface area contributed by atoms with Gasteiger partial charge in [0.15, 0.2) is 0 Å². The van der Waals surface area contributed by atoms with Crippen molar-refractivity contribution in [3.63, 3.8) is 0 Å². The van der Waals surface area contributed by atoms with E-state index in [1.54, 1.807) is 11.8 Å². The average molecular weight is 368 g/mol. The Kier molecular flexibility index (Phi) is 5.17. The smallest absolute Gasteiger partial charge is 0.266 e. The molecule has 3 fully saturated rings. The first-order valence-electron chi connectivity index (χ1n) is 9.19. The fourth-order valence-corrected chi connectivity index (χ4v) is 3.83. The second-order valence-electron chi connectivity index (χ2n) is 7.57. The Morgan fingerprint density at radius 3 is 2.74 bits per heavy atom. The zero-order valence-electron chi connectivity index (χ0n) is 15.9. The molecular weight excluding hydrogens is 344 g/mol. The molecule has 0 aromatic carbocycles. The second-order valence-corrected chi connectivity index (χ2v) is 7.57. The van der Waals surface area contributed by atoms with Crippen molar-refractivity contribution in [1.82, 2.24) is 14.8 Å². The van der Waals surface area contributed by atoms with Crippen molar-refractivity contribution in [3.05, 3.63) is 44.9 Å². The minimum atomic E-state index is -0.495. The number of aromatic nitrogens is 1. The van der Waals surface area contributed by atoms with Crippen LogP contribution in [0.2, 0.25) is 0 Å². The number of H-pyrrole nitrogens is 1. The number of hydrogen-bond donors (Lipinski definition) is 1. The number of piperidine rings is 1. The summed E-state index contributed by atoms with van der Waals surface area (Å²) >= 11 is 0. The predicted molar refractivity (Wildman–Crippen MR) is 100 cm³/mol. The summed E-state index contributed by atoms with van der Waals surface area (Å²) in [4.78, 5) is 43.8. The van der Waals surface area contributed by atoms with E-state index in [1.165, 1.54) is 6.07 Å². The normalized spacial score (nSPS) is 21.6. The van der Waals surface area contributed by atoms with E-state index in [1.807, 2.05) is 30.9 Å². The van der Waals surface area contributed by atoms with Crippen LogP contribution in [0.1, 0.15) is 48.3 Å². The van der Waals surface area contributed by atoms with Crippen LogP contribution in [0, 0.1) is 24.2 Å². The highest BCUT2D eigenvalue weighted by Crippen LogP contribution is 2.30. The van der Waals surface area contributed by atoms with Crippen molar-refractivity contribution in [2.75, 3.05) is 19.6 Å². The molecule has 1 N–H and O–H groups in total. The van der Waals surface area contributed by atoms with Crippen LogP contribution in [0.4, 0.5) is 0 Å². The van der Waals surface area contributed by atoms with Crippen molar-refractivity contribution < 1.29 is 9.59 Å². The number of aryl methyl sites for hydroxylation is 1. The molecular formula is C20H24N4O3. The number of amides is 2. The molecule has 0 saturated carbocycles. The summed E-state index contributed by atoms with van der Waals surface area (Å²) in [5, 5.41) is 9.09. The third kappa shape index (κ3) is 3.65. The van der Waals surface area contributed by atoms with Crippen molar-refractivity contribution >= 4 is 11.8 Å². The van der Waals surface area contributed by atoms with Crippen LogP contribution >= 0.6 is 0 Å². The van der Waals surface area contributed by atoms with Crippen molar-refractivity contribution in [3.8, 4) is 6.07 Å². The first-order chi connectivity index (χ1) is 12.8. The van der Waals surface area contributed by atoms with E-state index < -0.39 is 5.56 Å². The molecule has 7 heteroatoms. The molecule has 2 bridgehead atoms. The van der Waals surface area contributed by atoms with Crippen LogP contribution in [-0.2, 0) is 4.79 Å². The lowest BCUT2D eigenvalue weighted by Crippen LogP contribution is -2.48. The Morgan fingerprint density at radius 1 is 1.33 bits per heavy atom. The fourth-order valence-electron chi connectivity index (χ4n) is 3.83. The van der Waals surface area contributed by atoms with Crippen LogP contribution < -0.4 is 5.56 Å². The van der Waals surface area contributed by atoms with Crippen LogP contribution in [0.25, 0.3) is 0 Å². The summed E-state index contributed by atoms with van der Waals surface area (Å²) in [6.07, 6.45) is 3.70. The van der Waals surface area contributed by atoms with Crippen LogP contribution in [0.3, 0.4) is 0 Å². The maximum absolute atomic E-state index is 13.1. The van der Waals surface area contributed by atoms with Gasteiger partial charge in [0, 0.05) is 31.4 Å². The number of carbonyl (C=O) groups is 2. The molecule has 3 saturated heterocycles. The highest BCUT2D eigenvalue weighted by atomic mass is 16.2. The molecule has 2 atom stereocenters. The van der Waals surface area contributed by atoms with Crippen LogP contribution in [0.5, 0.6) is 0 Å². The largest absolute Gasteiger partial charge is 0.336 e. The molecule has 27 heavy (non-hydrogen) atoms. The predicted octanol–water partition coefficient (Wildman–Crippen LogP) is 1.58. The summed E-state index contributed by atoms with van der Waals surface area (Å²) in [5.41, 5.74) is 1.33. The highest BCUT2D eigenvalue weighted by molar-refractivity contribution is 5.96. The zero-order chi connectivity index (χ0) is 19.7. The maximum atomic E-state index is 13.1. The van der Waals surface area contributed by atoms with Gasteiger partial charge in [0.05, 0.1) is 11.5 Å². The molecule has 3 aliphatic heterocycles. The summed E-state index contributed by atoms with van der Waals surface area (Å²) in [6.45, 7) is 7.07. The molecule has 7 nitrogen and oxygen atoms in total. The molecule has 3 aliphatic rings. The van der Waals surface area contributed by atoms with E-state index in [9.17, 15) is 14.4 Å². The zero-order valence-corrected chi connectivity index (χ0v) is 15.9.